The Bertz CT molecular complexity index is 526. The van der Waals surface area contributed by atoms with Gasteiger partial charge in [-0.2, -0.15) is 0 Å². The number of benzene rings is 1. The van der Waals surface area contributed by atoms with Gasteiger partial charge in [-0.1, -0.05) is 18.2 Å². The highest BCUT2D eigenvalue weighted by molar-refractivity contribution is 6.01. The van der Waals surface area contributed by atoms with Crippen molar-refractivity contribution in [2.24, 2.45) is 4.99 Å². The number of nitrogens with zero attached hydrogens (tertiary/aromatic N) is 2. The summed E-state index contributed by atoms with van der Waals surface area (Å²) in [5.41, 5.74) is 7.96. The fourth-order valence-corrected chi connectivity index (χ4v) is 1.92. The Balaban J connectivity index is 2.18. The van der Waals surface area contributed by atoms with Gasteiger partial charge in [0, 0.05) is 17.4 Å². The molecule has 0 fully saturated rings. The van der Waals surface area contributed by atoms with Gasteiger partial charge in [0.25, 0.3) is 0 Å². The first-order valence-corrected chi connectivity index (χ1v) is 4.99. The molecule has 2 aromatic rings. The SMILES string of the molecule is Nc1c(N2C=NCC2)[nH]c2ccccc12. The van der Waals surface area contributed by atoms with Gasteiger partial charge in [0.1, 0.15) is 5.82 Å². The number of para-hydroxylation sites is 1. The molecule has 0 unspecified atom stereocenters. The highest BCUT2D eigenvalue weighted by atomic mass is 15.3. The normalized spacial score (nSPS) is 15.3. The van der Waals surface area contributed by atoms with Gasteiger partial charge in [-0.25, -0.2) is 0 Å². The predicted octanol–water partition coefficient (Wildman–Crippen LogP) is 1.60. The van der Waals surface area contributed by atoms with Crippen LogP contribution in [-0.2, 0) is 0 Å². The van der Waals surface area contributed by atoms with Gasteiger partial charge in [0.05, 0.1) is 18.6 Å². The molecule has 0 radical (unpaired) electrons. The van der Waals surface area contributed by atoms with E-state index in [0.29, 0.717) is 0 Å². The molecule has 1 aliphatic heterocycles. The van der Waals surface area contributed by atoms with Crippen molar-refractivity contribution < 1.29 is 0 Å². The number of anilines is 2. The van der Waals surface area contributed by atoms with Crippen molar-refractivity contribution in [1.29, 1.82) is 0 Å². The van der Waals surface area contributed by atoms with Crippen LogP contribution in [0.5, 0.6) is 0 Å². The molecular formula is C11H12N4. The molecule has 0 aliphatic carbocycles. The van der Waals surface area contributed by atoms with Crippen molar-refractivity contribution >= 4 is 28.7 Å². The quantitative estimate of drug-likeness (QED) is 0.734. The summed E-state index contributed by atoms with van der Waals surface area (Å²) >= 11 is 0. The van der Waals surface area contributed by atoms with E-state index in [1.54, 1.807) is 0 Å². The zero-order valence-electron chi connectivity index (χ0n) is 8.27. The van der Waals surface area contributed by atoms with E-state index >= 15 is 0 Å². The molecule has 15 heavy (non-hydrogen) atoms. The van der Waals surface area contributed by atoms with E-state index in [2.05, 4.69) is 14.9 Å². The maximum absolute atomic E-state index is 6.08. The second-order valence-corrected chi connectivity index (χ2v) is 3.65. The van der Waals surface area contributed by atoms with Gasteiger partial charge in [0.2, 0.25) is 0 Å². The Hall–Kier alpha value is -1.97. The molecule has 0 bridgehead atoms. The number of hydrogen-bond acceptors (Lipinski definition) is 3. The molecular weight excluding hydrogens is 188 g/mol. The molecule has 1 aromatic heterocycles. The molecule has 76 valence electrons. The van der Waals surface area contributed by atoms with E-state index in [9.17, 15) is 0 Å². The van der Waals surface area contributed by atoms with Crippen LogP contribution < -0.4 is 10.6 Å². The van der Waals surface area contributed by atoms with E-state index in [0.717, 1.165) is 35.5 Å². The number of H-pyrrole nitrogens is 1. The predicted molar refractivity (Wildman–Crippen MR) is 63.4 cm³/mol. The van der Waals surface area contributed by atoms with Crippen LogP contribution in [0.25, 0.3) is 10.9 Å². The summed E-state index contributed by atoms with van der Waals surface area (Å²) in [5, 5.41) is 1.08. The molecule has 4 nitrogen and oxygen atoms in total. The number of rotatable bonds is 1. The van der Waals surface area contributed by atoms with Crippen molar-refractivity contribution in [3.63, 3.8) is 0 Å². The van der Waals surface area contributed by atoms with Crippen LogP contribution in [0.15, 0.2) is 29.3 Å². The molecule has 3 N–H and O–H groups in total. The summed E-state index contributed by atoms with van der Waals surface area (Å²) in [7, 11) is 0. The van der Waals surface area contributed by atoms with Crippen molar-refractivity contribution in [2.75, 3.05) is 23.7 Å². The van der Waals surface area contributed by atoms with Crippen LogP contribution in [0.3, 0.4) is 0 Å². The number of aliphatic imine (C=N–C) groups is 1. The standard InChI is InChI=1S/C11H12N4/c12-10-8-3-1-2-4-9(8)14-11(10)15-6-5-13-7-15/h1-4,7,14H,5-6,12H2. The van der Waals surface area contributed by atoms with Crippen molar-refractivity contribution in [2.45, 2.75) is 0 Å². The fraction of sp³-hybridized carbons (Fsp3) is 0.182. The highest BCUT2D eigenvalue weighted by Crippen LogP contribution is 2.31. The molecule has 3 rings (SSSR count). The van der Waals surface area contributed by atoms with Crippen LogP contribution in [0, 0.1) is 0 Å². The number of nitrogens with two attached hydrogens (primary N) is 1. The van der Waals surface area contributed by atoms with Gasteiger partial charge in [0.15, 0.2) is 0 Å². The molecule has 0 spiro atoms. The Labute approximate surface area is 87.4 Å². The minimum Gasteiger partial charge on any atom is -0.395 e. The molecule has 0 saturated heterocycles. The lowest BCUT2D eigenvalue weighted by Crippen LogP contribution is -2.19. The highest BCUT2D eigenvalue weighted by Gasteiger charge is 2.15. The van der Waals surface area contributed by atoms with E-state index in [4.69, 9.17) is 5.73 Å². The second kappa shape index (κ2) is 3.02. The van der Waals surface area contributed by atoms with Gasteiger partial charge in [-0.15, -0.1) is 0 Å². The Kier molecular flexibility index (Phi) is 1.68. The van der Waals surface area contributed by atoms with Gasteiger partial charge in [-0.05, 0) is 6.07 Å². The number of fused-ring (bicyclic) bond motifs is 1. The Morgan fingerprint density at radius 2 is 2.20 bits per heavy atom. The van der Waals surface area contributed by atoms with Crippen LogP contribution in [0.2, 0.25) is 0 Å². The van der Waals surface area contributed by atoms with E-state index in [1.807, 2.05) is 30.6 Å². The summed E-state index contributed by atoms with van der Waals surface area (Å²) < 4.78 is 0. The maximum Gasteiger partial charge on any atom is 0.135 e. The van der Waals surface area contributed by atoms with Crippen LogP contribution in [0.1, 0.15) is 0 Å². The summed E-state index contributed by atoms with van der Waals surface area (Å²) in [5.74, 6) is 0.956. The van der Waals surface area contributed by atoms with Crippen molar-refractivity contribution in [3.05, 3.63) is 24.3 Å². The number of nitrogen functional groups attached to an aromatic ring is 1. The molecule has 1 aromatic carbocycles. The molecule has 0 atom stereocenters. The lowest BCUT2D eigenvalue weighted by Gasteiger charge is -2.11. The zero-order chi connectivity index (χ0) is 10.3. The van der Waals surface area contributed by atoms with E-state index in [-0.39, 0.29) is 0 Å². The number of hydrogen-bond donors (Lipinski definition) is 2. The van der Waals surface area contributed by atoms with Crippen molar-refractivity contribution in [3.8, 4) is 0 Å². The smallest absolute Gasteiger partial charge is 0.135 e. The average molecular weight is 200 g/mol. The minimum absolute atomic E-state index is 0.805. The summed E-state index contributed by atoms with van der Waals surface area (Å²) in [6, 6.07) is 8.05. The Morgan fingerprint density at radius 3 is 2.93 bits per heavy atom. The summed E-state index contributed by atoms with van der Waals surface area (Å²) in [6.45, 7) is 1.74. The lowest BCUT2D eigenvalue weighted by atomic mass is 10.2. The largest absolute Gasteiger partial charge is 0.395 e. The van der Waals surface area contributed by atoms with Crippen LogP contribution in [0.4, 0.5) is 11.5 Å². The molecule has 4 heteroatoms. The van der Waals surface area contributed by atoms with Gasteiger partial charge < -0.3 is 15.6 Å². The third-order valence-corrected chi connectivity index (χ3v) is 2.70. The first-order chi connectivity index (χ1) is 7.36. The second-order valence-electron chi connectivity index (χ2n) is 3.65. The third kappa shape index (κ3) is 1.18. The Morgan fingerprint density at radius 1 is 1.33 bits per heavy atom. The fourth-order valence-electron chi connectivity index (χ4n) is 1.92. The minimum atomic E-state index is 0.805. The van der Waals surface area contributed by atoms with Crippen LogP contribution >= 0.6 is 0 Å². The van der Waals surface area contributed by atoms with Gasteiger partial charge >= 0.3 is 0 Å². The van der Waals surface area contributed by atoms with E-state index < -0.39 is 0 Å². The number of nitrogens with one attached hydrogen (secondary N) is 1. The first kappa shape index (κ1) is 8.35. The van der Waals surface area contributed by atoms with Crippen molar-refractivity contribution in [1.82, 2.24) is 4.98 Å². The first-order valence-electron chi connectivity index (χ1n) is 4.99. The van der Waals surface area contributed by atoms with Gasteiger partial charge in [-0.3, -0.25) is 4.99 Å². The summed E-state index contributed by atoms with van der Waals surface area (Å²) in [6.07, 6.45) is 1.83. The molecule has 1 aliphatic rings. The molecule has 0 amide bonds. The van der Waals surface area contributed by atoms with E-state index in [1.165, 1.54) is 0 Å². The topological polar surface area (TPSA) is 57.4 Å². The third-order valence-electron chi connectivity index (χ3n) is 2.70. The zero-order valence-corrected chi connectivity index (χ0v) is 8.27. The number of aromatic nitrogens is 1. The summed E-state index contributed by atoms with van der Waals surface area (Å²) in [4.78, 5) is 9.54. The average Bonchev–Trinajstić information content (AvgIpc) is 2.87. The number of aromatic amines is 1. The van der Waals surface area contributed by atoms with Crippen LogP contribution in [-0.4, -0.2) is 24.4 Å². The maximum atomic E-state index is 6.08. The lowest BCUT2D eigenvalue weighted by molar-refractivity contribution is 1.01. The molecule has 2 heterocycles. The molecule has 0 saturated carbocycles. The monoisotopic (exact) mass is 200 g/mol.